The monoisotopic (exact) mass is 244 g/mol. The fourth-order valence-electron chi connectivity index (χ4n) is 1.91. The Labute approximate surface area is 101 Å². The average Bonchev–Trinajstić information content (AvgIpc) is 2.77. The summed E-state index contributed by atoms with van der Waals surface area (Å²) < 4.78 is 5.20. The van der Waals surface area contributed by atoms with Gasteiger partial charge in [-0.1, -0.05) is 0 Å². The summed E-state index contributed by atoms with van der Waals surface area (Å²) in [5.74, 6) is -0.882. The van der Waals surface area contributed by atoms with Crippen molar-refractivity contribution in [3.8, 4) is 0 Å². The Morgan fingerprint density at radius 3 is 2.71 bits per heavy atom. The summed E-state index contributed by atoms with van der Waals surface area (Å²) in [4.78, 5) is 25.8. The zero-order chi connectivity index (χ0) is 12.8. The van der Waals surface area contributed by atoms with Gasteiger partial charge in [-0.25, -0.2) is 4.79 Å². The van der Waals surface area contributed by atoms with Gasteiger partial charge in [0.15, 0.2) is 0 Å². The zero-order valence-electron chi connectivity index (χ0n) is 10.4. The van der Waals surface area contributed by atoms with Crippen molar-refractivity contribution in [3.05, 3.63) is 0 Å². The number of carboxylic acids is 1. The number of urea groups is 1. The highest BCUT2D eigenvalue weighted by Crippen LogP contribution is 2.14. The van der Waals surface area contributed by atoms with Crippen molar-refractivity contribution in [3.63, 3.8) is 0 Å². The predicted molar refractivity (Wildman–Crippen MR) is 61.9 cm³/mol. The summed E-state index contributed by atoms with van der Waals surface area (Å²) in [6.07, 6.45) is 0.942. The van der Waals surface area contributed by atoms with Crippen LogP contribution in [0.5, 0.6) is 0 Å². The summed E-state index contributed by atoms with van der Waals surface area (Å²) in [5.41, 5.74) is 0. The molecule has 0 aromatic carbocycles. The van der Waals surface area contributed by atoms with E-state index in [1.54, 1.807) is 16.9 Å². The van der Waals surface area contributed by atoms with Crippen LogP contribution in [-0.4, -0.2) is 66.3 Å². The van der Waals surface area contributed by atoms with Crippen LogP contribution < -0.4 is 0 Å². The molecule has 0 radical (unpaired) electrons. The summed E-state index contributed by atoms with van der Waals surface area (Å²) in [6, 6.07) is -0.0895. The fourth-order valence-corrected chi connectivity index (χ4v) is 1.91. The van der Waals surface area contributed by atoms with Crippen LogP contribution in [0.4, 0.5) is 4.79 Å². The van der Waals surface area contributed by atoms with E-state index in [0.29, 0.717) is 19.6 Å². The molecule has 17 heavy (non-hydrogen) atoms. The number of nitrogens with zero attached hydrogens (tertiary/aromatic N) is 2. The van der Waals surface area contributed by atoms with Crippen molar-refractivity contribution in [1.82, 2.24) is 9.80 Å². The normalized spacial score (nSPS) is 19.4. The highest BCUT2D eigenvalue weighted by Gasteiger charge is 2.28. The molecular formula is C11H20N2O4. The molecule has 1 atom stereocenters. The molecule has 1 rings (SSSR count). The van der Waals surface area contributed by atoms with Crippen LogP contribution in [0.15, 0.2) is 0 Å². The third-order valence-corrected chi connectivity index (χ3v) is 3.00. The summed E-state index contributed by atoms with van der Waals surface area (Å²) in [7, 11) is 1.64. The fraction of sp³-hybridized carbons (Fsp3) is 0.818. The van der Waals surface area contributed by atoms with Crippen LogP contribution >= 0.6 is 0 Å². The van der Waals surface area contributed by atoms with Gasteiger partial charge in [0, 0.05) is 33.3 Å². The lowest BCUT2D eigenvalue weighted by Gasteiger charge is -2.26. The Balaban J connectivity index is 2.46. The van der Waals surface area contributed by atoms with E-state index in [2.05, 4.69) is 0 Å². The molecule has 0 aromatic rings. The summed E-state index contributed by atoms with van der Waals surface area (Å²) >= 11 is 0. The number of hydrogen-bond acceptors (Lipinski definition) is 3. The van der Waals surface area contributed by atoms with Crippen LogP contribution in [0.25, 0.3) is 0 Å². The minimum Gasteiger partial charge on any atom is -0.481 e. The lowest BCUT2D eigenvalue weighted by Crippen LogP contribution is -2.43. The third kappa shape index (κ3) is 3.89. The minimum atomic E-state index is -0.882. The van der Waals surface area contributed by atoms with Gasteiger partial charge in [0.25, 0.3) is 0 Å². The number of amides is 2. The number of ether oxygens (including phenoxy) is 1. The van der Waals surface area contributed by atoms with E-state index in [9.17, 15) is 9.59 Å². The van der Waals surface area contributed by atoms with Crippen LogP contribution in [0, 0.1) is 0 Å². The number of carboxylic acid groups (broad SMARTS) is 1. The number of methoxy groups -OCH3 is 1. The van der Waals surface area contributed by atoms with Crippen molar-refractivity contribution < 1.29 is 19.4 Å². The van der Waals surface area contributed by atoms with Crippen molar-refractivity contribution >= 4 is 12.0 Å². The molecule has 0 aromatic heterocycles. The molecule has 0 spiro atoms. The van der Waals surface area contributed by atoms with E-state index in [-0.39, 0.29) is 25.1 Å². The highest BCUT2D eigenvalue weighted by molar-refractivity contribution is 5.75. The Morgan fingerprint density at radius 1 is 1.53 bits per heavy atom. The molecule has 6 nitrogen and oxygen atoms in total. The van der Waals surface area contributed by atoms with Crippen molar-refractivity contribution in [2.75, 3.05) is 33.3 Å². The first-order chi connectivity index (χ1) is 8.08. The first kappa shape index (κ1) is 13.8. The zero-order valence-corrected chi connectivity index (χ0v) is 10.4. The second-order valence-electron chi connectivity index (χ2n) is 4.10. The smallest absolute Gasteiger partial charge is 0.320 e. The molecule has 0 bridgehead atoms. The topological polar surface area (TPSA) is 70.1 Å². The number of carbonyl (C=O) groups is 2. The number of likely N-dealkylation sites (tertiary alicyclic amines) is 1. The Hall–Kier alpha value is -1.30. The molecule has 1 aliphatic heterocycles. The number of aliphatic carboxylic acids is 1. The van der Waals surface area contributed by atoms with Crippen LogP contribution in [0.3, 0.4) is 0 Å². The second-order valence-corrected chi connectivity index (χ2v) is 4.10. The molecule has 1 saturated heterocycles. The van der Waals surface area contributed by atoms with E-state index in [1.165, 1.54) is 0 Å². The SMILES string of the molecule is CCN(CCC(=O)O)C(=O)N1CCC(OC)C1. The van der Waals surface area contributed by atoms with E-state index in [0.717, 1.165) is 6.42 Å². The minimum absolute atomic E-state index is 0.0128. The highest BCUT2D eigenvalue weighted by atomic mass is 16.5. The van der Waals surface area contributed by atoms with E-state index >= 15 is 0 Å². The Bertz CT molecular complexity index is 283. The molecule has 1 unspecified atom stereocenters. The van der Waals surface area contributed by atoms with Gasteiger partial charge in [-0.05, 0) is 13.3 Å². The molecule has 1 heterocycles. The van der Waals surface area contributed by atoms with Gasteiger partial charge in [-0.3, -0.25) is 4.79 Å². The summed E-state index contributed by atoms with van der Waals surface area (Å²) in [5, 5.41) is 8.61. The summed E-state index contributed by atoms with van der Waals surface area (Å²) in [6.45, 7) is 3.92. The molecule has 1 aliphatic rings. The van der Waals surface area contributed by atoms with Gasteiger partial charge in [0.05, 0.1) is 12.5 Å². The number of carbonyl (C=O) groups excluding carboxylic acids is 1. The molecule has 0 aliphatic carbocycles. The van der Waals surface area contributed by atoms with Crippen molar-refractivity contribution in [1.29, 1.82) is 0 Å². The van der Waals surface area contributed by atoms with E-state index < -0.39 is 5.97 Å². The van der Waals surface area contributed by atoms with Gasteiger partial charge in [0.2, 0.25) is 0 Å². The molecule has 0 saturated carbocycles. The lowest BCUT2D eigenvalue weighted by atomic mass is 10.3. The van der Waals surface area contributed by atoms with Crippen molar-refractivity contribution in [2.45, 2.75) is 25.9 Å². The van der Waals surface area contributed by atoms with Gasteiger partial charge >= 0.3 is 12.0 Å². The van der Waals surface area contributed by atoms with Crippen LogP contribution in [0.2, 0.25) is 0 Å². The molecule has 1 fully saturated rings. The van der Waals surface area contributed by atoms with Crippen LogP contribution in [0.1, 0.15) is 19.8 Å². The first-order valence-corrected chi connectivity index (χ1v) is 5.87. The quantitative estimate of drug-likeness (QED) is 0.769. The van der Waals surface area contributed by atoms with Gasteiger partial charge in [0.1, 0.15) is 0 Å². The van der Waals surface area contributed by atoms with Gasteiger partial charge in [-0.15, -0.1) is 0 Å². The average molecular weight is 244 g/mol. The van der Waals surface area contributed by atoms with Gasteiger partial charge < -0.3 is 19.6 Å². The predicted octanol–water partition coefficient (Wildman–Crippen LogP) is 0.624. The maximum atomic E-state index is 12.1. The third-order valence-electron chi connectivity index (χ3n) is 3.00. The Kier molecular flexibility index (Phi) is 5.21. The van der Waals surface area contributed by atoms with Crippen molar-refractivity contribution in [2.24, 2.45) is 0 Å². The lowest BCUT2D eigenvalue weighted by molar-refractivity contribution is -0.137. The Morgan fingerprint density at radius 2 is 2.24 bits per heavy atom. The van der Waals surface area contributed by atoms with Crippen LogP contribution in [-0.2, 0) is 9.53 Å². The van der Waals surface area contributed by atoms with E-state index in [4.69, 9.17) is 9.84 Å². The molecular weight excluding hydrogens is 224 g/mol. The molecule has 1 N–H and O–H groups in total. The molecule has 2 amide bonds. The second kappa shape index (κ2) is 6.44. The molecule has 6 heteroatoms. The van der Waals surface area contributed by atoms with E-state index in [1.807, 2.05) is 6.92 Å². The van der Waals surface area contributed by atoms with Gasteiger partial charge in [-0.2, -0.15) is 0 Å². The standard InChI is InChI=1S/C11H20N2O4/c1-3-12(7-5-10(14)15)11(16)13-6-4-9(8-13)17-2/h9H,3-8H2,1-2H3,(H,14,15). The molecule has 98 valence electrons. The number of rotatable bonds is 5. The maximum Gasteiger partial charge on any atom is 0.320 e. The first-order valence-electron chi connectivity index (χ1n) is 5.87. The maximum absolute atomic E-state index is 12.1. The number of hydrogen-bond donors (Lipinski definition) is 1. The largest absolute Gasteiger partial charge is 0.481 e.